The molecular formula is C17H23NO3. The minimum Gasteiger partial charge on any atom is -0.497 e. The molecule has 21 heavy (non-hydrogen) atoms. The number of fused-ring (bicyclic) bond motifs is 2. The summed E-state index contributed by atoms with van der Waals surface area (Å²) in [4.78, 5) is 12.3. The van der Waals surface area contributed by atoms with E-state index in [-0.39, 0.29) is 5.91 Å². The summed E-state index contributed by atoms with van der Waals surface area (Å²) in [6.07, 6.45) is 5.87. The van der Waals surface area contributed by atoms with Crippen molar-refractivity contribution in [1.29, 1.82) is 0 Å². The SMILES string of the molecule is COc1ccc(OC)c(NC(=O)C[C@@H]2C[C@H]3CC[C@H]2C3)c1. The number of carbonyl (C=O) groups is 1. The van der Waals surface area contributed by atoms with Gasteiger partial charge in [-0.2, -0.15) is 0 Å². The van der Waals surface area contributed by atoms with E-state index in [9.17, 15) is 4.79 Å². The van der Waals surface area contributed by atoms with E-state index in [0.717, 1.165) is 11.8 Å². The van der Waals surface area contributed by atoms with Crippen LogP contribution >= 0.6 is 0 Å². The van der Waals surface area contributed by atoms with Crippen molar-refractivity contribution in [3.05, 3.63) is 18.2 Å². The second kappa shape index (κ2) is 5.96. The standard InChI is InChI=1S/C17H23NO3/c1-20-14-5-6-16(21-2)15(10-14)18-17(19)9-13-8-11-3-4-12(13)7-11/h5-6,10-13H,3-4,7-9H2,1-2H3,(H,18,19)/t11-,12-,13-/m0/s1. The third-order valence-electron chi connectivity index (χ3n) is 5.01. The molecule has 2 saturated carbocycles. The van der Waals surface area contributed by atoms with Crippen LogP contribution in [0.3, 0.4) is 0 Å². The Kier molecular flexibility index (Phi) is 4.04. The number of anilines is 1. The number of methoxy groups -OCH3 is 2. The van der Waals surface area contributed by atoms with Gasteiger partial charge in [0.1, 0.15) is 11.5 Å². The Labute approximate surface area is 125 Å². The first-order chi connectivity index (χ1) is 10.2. The Morgan fingerprint density at radius 2 is 2.10 bits per heavy atom. The van der Waals surface area contributed by atoms with Gasteiger partial charge in [-0.05, 0) is 49.1 Å². The molecule has 1 N–H and O–H groups in total. The number of hydrogen-bond donors (Lipinski definition) is 1. The Morgan fingerprint density at radius 1 is 1.24 bits per heavy atom. The van der Waals surface area contributed by atoms with Crippen LogP contribution in [0.15, 0.2) is 18.2 Å². The molecule has 0 radical (unpaired) electrons. The number of amides is 1. The van der Waals surface area contributed by atoms with Crippen LogP contribution in [0.5, 0.6) is 11.5 Å². The Morgan fingerprint density at radius 3 is 2.71 bits per heavy atom. The van der Waals surface area contributed by atoms with Gasteiger partial charge in [-0.15, -0.1) is 0 Å². The second-order valence-electron chi connectivity index (χ2n) is 6.25. The Bertz CT molecular complexity index is 529. The van der Waals surface area contributed by atoms with E-state index >= 15 is 0 Å². The molecule has 3 rings (SSSR count). The van der Waals surface area contributed by atoms with Gasteiger partial charge < -0.3 is 14.8 Å². The molecule has 1 aromatic carbocycles. The van der Waals surface area contributed by atoms with Crippen molar-refractivity contribution in [3.63, 3.8) is 0 Å². The van der Waals surface area contributed by atoms with E-state index in [1.807, 2.05) is 12.1 Å². The highest BCUT2D eigenvalue weighted by Crippen LogP contribution is 2.49. The van der Waals surface area contributed by atoms with E-state index in [2.05, 4.69) is 5.32 Å². The van der Waals surface area contributed by atoms with Crippen LogP contribution in [0.25, 0.3) is 0 Å². The summed E-state index contributed by atoms with van der Waals surface area (Å²) >= 11 is 0. The summed E-state index contributed by atoms with van der Waals surface area (Å²) in [5, 5.41) is 2.98. The largest absolute Gasteiger partial charge is 0.497 e. The molecule has 2 aliphatic rings. The molecule has 114 valence electrons. The van der Waals surface area contributed by atoms with Crippen LogP contribution in [0.2, 0.25) is 0 Å². The zero-order valence-electron chi connectivity index (χ0n) is 12.7. The van der Waals surface area contributed by atoms with E-state index in [4.69, 9.17) is 9.47 Å². The number of hydrogen-bond acceptors (Lipinski definition) is 3. The zero-order chi connectivity index (χ0) is 14.8. The monoisotopic (exact) mass is 289 g/mol. The smallest absolute Gasteiger partial charge is 0.224 e. The highest BCUT2D eigenvalue weighted by atomic mass is 16.5. The third-order valence-corrected chi connectivity index (χ3v) is 5.01. The average Bonchev–Trinajstić information content (AvgIpc) is 3.09. The second-order valence-corrected chi connectivity index (χ2v) is 6.25. The lowest BCUT2D eigenvalue weighted by Crippen LogP contribution is -2.20. The van der Waals surface area contributed by atoms with Gasteiger partial charge in [-0.25, -0.2) is 0 Å². The maximum absolute atomic E-state index is 12.3. The van der Waals surface area contributed by atoms with Crippen molar-refractivity contribution in [2.75, 3.05) is 19.5 Å². The van der Waals surface area contributed by atoms with Crippen LogP contribution in [0.1, 0.15) is 32.1 Å². The van der Waals surface area contributed by atoms with Gasteiger partial charge in [-0.1, -0.05) is 6.42 Å². The van der Waals surface area contributed by atoms with Crippen LogP contribution in [0.4, 0.5) is 5.69 Å². The van der Waals surface area contributed by atoms with E-state index in [1.54, 1.807) is 20.3 Å². The summed E-state index contributed by atoms with van der Waals surface area (Å²) < 4.78 is 10.5. The van der Waals surface area contributed by atoms with Gasteiger partial charge in [0.2, 0.25) is 5.91 Å². The van der Waals surface area contributed by atoms with Crippen molar-refractivity contribution in [3.8, 4) is 11.5 Å². The van der Waals surface area contributed by atoms with Crippen molar-refractivity contribution in [2.24, 2.45) is 17.8 Å². The first kappa shape index (κ1) is 14.2. The number of rotatable bonds is 5. The summed E-state index contributed by atoms with van der Waals surface area (Å²) in [7, 11) is 3.22. The maximum atomic E-state index is 12.3. The summed E-state index contributed by atoms with van der Waals surface area (Å²) in [5.74, 6) is 3.68. The molecule has 4 nitrogen and oxygen atoms in total. The van der Waals surface area contributed by atoms with Gasteiger partial charge >= 0.3 is 0 Å². The lowest BCUT2D eigenvalue weighted by Gasteiger charge is -2.21. The van der Waals surface area contributed by atoms with E-state index in [1.165, 1.54) is 25.7 Å². The van der Waals surface area contributed by atoms with Crippen LogP contribution < -0.4 is 14.8 Å². The van der Waals surface area contributed by atoms with Crippen LogP contribution in [-0.2, 0) is 4.79 Å². The highest BCUT2D eigenvalue weighted by Gasteiger charge is 2.40. The van der Waals surface area contributed by atoms with Gasteiger partial charge in [0.25, 0.3) is 0 Å². The molecule has 2 bridgehead atoms. The number of carbonyl (C=O) groups excluding carboxylic acids is 1. The topological polar surface area (TPSA) is 47.6 Å². The predicted octanol–water partition coefficient (Wildman–Crippen LogP) is 3.47. The Hall–Kier alpha value is -1.71. The average molecular weight is 289 g/mol. The van der Waals surface area contributed by atoms with Gasteiger partial charge in [0.15, 0.2) is 0 Å². The molecule has 3 atom stereocenters. The normalized spacial score (nSPS) is 26.7. The molecule has 1 aromatic rings. The Balaban J connectivity index is 1.64. The molecular weight excluding hydrogens is 266 g/mol. The minimum atomic E-state index is 0.0825. The lowest BCUT2D eigenvalue weighted by atomic mass is 9.86. The molecule has 0 aromatic heterocycles. The van der Waals surface area contributed by atoms with Crippen LogP contribution in [0, 0.1) is 17.8 Å². The van der Waals surface area contributed by atoms with Crippen molar-refractivity contribution < 1.29 is 14.3 Å². The molecule has 2 fully saturated rings. The van der Waals surface area contributed by atoms with E-state index < -0.39 is 0 Å². The lowest BCUT2D eigenvalue weighted by molar-refractivity contribution is -0.117. The van der Waals surface area contributed by atoms with Gasteiger partial charge in [-0.3, -0.25) is 4.79 Å². The maximum Gasteiger partial charge on any atom is 0.224 e. The molecule has 0 spiro atoms. The van der Waals surface area contributed by atoms with Crippen molar-refractivity contribution in [2.45, 2.75) is 32.1 Å². The first-order valence-corrected chi connectivity index (χ1v) is 7.71. The first-order valence-electron chi connectivity index (χ1n) is 7.71. The highest BCUT2D eigenvalue weighted by molar-refractivity contribution is 5.92. The zero-order valence-corrected chi connectivity index (χ0v) is 12.7. The van der Waals surface area contributed by atoms with E-state index in [0.29, 0.717) is 29.5 Å². The van der Waals surface area contributed by atoms with Crippen molar-refractivity contribution in [1.82, 2.24) is 0 Å². The fraction of sp³-hybridized carbons (Fsp3) is 0.588. The van der Waals surface area contributed by atoms with Crippen molar-refractivity contribution >= 4 is 11.6 Å². The molecule has 0 saturated heterocycles. The summed E-state index contributed by atoms with van der Waals surface area (Å²) in [5.41, 5.74) is 0.685. The summed E-state index contributed by atoms with van der Waals surface area (Å²) in [6.45, 7) is 0. The number of ether oxygens (including phenoxy) is 2. The molecule has 4 heteroatoms. The number of benzene rings is 1. The van der Waals surface area contributed by atoms with Gasteiger partial charge in [0.05, 0.1) is 19.9 Å². The molecule has 0 unspecified atom stereocenters. The quantitative estimate of drug-likeness (QED) is 0.903. The predicted molar refractivity (Wildman–Crippen MR) is 81.7 cm³/mol. The minimum absolute atomic E-state index is 0.0825. The molecule has 0 aliphatic heterocycles. The van der Waals surface area contributed by atoms with Crippen LogP contribution in [-0.4, -0.2) is 20.1 Å². The fourth-order valence-corrected chi connectivity index (χ4v) is 3.98. The van der Waals surface area contributed by atoms with Gasteiger partial charge in [0, 0.05) is 12.5 Å². The third kappa shape index (κ3) is 2.99. The molecule has 0 heterocycles. The fourth-order valence-electron chi connectivity index (χ4n) is 3.98. The molecule has 2 aliphatic carbocycles. The molecule has 1 amide bonds. The summed E-state index contributed by atoms with van der Waals surface area (Å²) in [6, 6.07) is 5.44. The number of nitrogens with one attached hydrogen (secondary N) is 1.